The van der Waals surface area contributed by atoms with Gasteiger partial charge in [0, 0.05) is 12.1 Å². The molecule has 0 spiro atoms. The first-order chi connectivity index (χ1) is 15.1. The summed E-state index contributed by atoms with van der Waals surface area (Å²) in [5.74, 6) is 1.36. The van der Waals surface area contributed by atoms with Crippen LogP contribution in [0.2, 0.25) is 0 Å². The summed E-state index contributed by atoms with van der Waals surface area (Å²) in [6, 6.07) is 12.9. The summed E-state index contributed by atoms with van der Waals surface area (Å²) < 4.78 is 16.3. The number of benzene rings is 2. The van der Waals surface area contributed by atoms with Crippen LogP contribution in [0.5, 0.6) is 17.2 Å². The van der Waals surface area contributed by atoms with Gasteiger partial charge >= 0.3 is 0 Å². The molecule has 0 aromatic heterocycles. The van der Waals surface area contributed by atoms with Gasteiger partial charge in [0.1, 0.15) is 24.0 Å². The molecular weight excluding hydrogens is 392 g/mol. The zero-order valence-electron chi connectivity index (χ0n) is 17.8. The Kier molecular flexibility index (Phi) is 8.93. The lowest BCUT2D eigenvalue weighted by Gasteiger charge is -2.15. The Bertz CT molecular complexity index is 1000. The van der Waals surface area contributed by atoms with Crippen LogP contribution in [0.25, 0.3) is 6.08 Å². The molecule has 0 unspecified atom stereocenters. The molecule has 2 aromatic rings. The molecule has 2 aromatic carbocycles. The van der Waals surface area contributed by atoms with Crippen LogP contribution in [0, 0.1) is 11.3 Å². The lowest BCUT2D eigenvalue weighted by Crippen LogP contribution is -2.23. The van der Waals surface area contributed by atoms with Crippen LogP contribution < -0.4 is 19.5 Å². The maximum atomic E-state index is 12.5. The zero-order valence-corrected chi connectivity index (χ0v) is 17.8. The molecule has 31 heavy (non-hydrogen) atoms. The van der Waals surface area contributed by atoms with Crippen molar-refractivity contribution in [2.75, 3.05) is 20.8 Å². The highest BCUT2D eigenvalue weighted by Gasteiger charge is 2.14. The molecule has 0 aliphatic heterocycles. The van der Waals surface area contributed by atoms with Crippen molar-refractivity contribution in [2.24, 2.45) is 0 Å². The number of hydrogen-bond acceptors (Lipinski definition) is 5. The Morgan fingerprint density at radius 1 is 1.13 bits per heavy atom. The topological polar surface area (TPSA) is 80.6 Å². The van der Waals surface area contributed by atoms with Gasteiger partial charge in [0.15, 0.2) is 11.5 Å². The highest BCUT2D eigenvalue weighted by atomic mass is 16.5. The molecule has 0 aliphatic carbocycles. The van der Waals surface area contributed by atoms with E-state index in [9.17, 15) is 10.1 Å². The molecule has 0 saturated carbocycles. The first kappa shape index (κ1) is 23.3. The third-order valence-corrected chi connectivity index (χ3v) is 4.37. The van der Waals surface area contributed by atoms with E-state index in [1.807, 2.05) is 36.4 Å². The van der Waals surface area contributed by atoms with Crippen molar-refractivity contribution in [3.8, 4) is 23.3 Å². The highest BCUT2D eigenvalue weighted by Crippen LogP contribution is 2.34. The smallest absolute Gasteiger partial charge is 0.262 e. The Hall–Kier alpha value is -3.98. The van der Waals surface area contributed by atoms with Crippen LogP contribution in [0.4, 0.5) is 0 Å². The number of carbonyl (C=O) groups excluding carboxylic acids is 1. The van der Waals surface area contributed by atoms with E-state index < -0.39 is 5.91 Å². The lowest BCUT2D eigenvalue weighted by molar-refractivity contribution is -0.117. The maximum absolute atomic E-state index is 12.5. The van der Waals surface area contributed by atoms with Crippen LogP contribution in [-0.4, -0.2) is 26.7 Å². The van der Waals surface area contributed by atoms with Gasteiger partial charge in [0.2, 0.25) is 0 Å². The molecule has 0 saturated heterocycles. The number of carbonyl (C=O) groups is 1. The summed E-state index contributed by atoms with van der Waals surface area (Å²) >= 11 is 0. The Labute approximate surface area is 183 Å². The molecule has 2 rings (SSSR count). The minimum atomic E-state index is -0.463. The fourth-order valence-corrected chi connectivity index (χ4v) is 2.87. The van der Waals surface area contributed by atoms with Crippen molar-refractivity contribution in [3.63, 3.8) is 0 Å². The Morgan fingerprint density at radius 2 is 1.87 bits per heavy atom. The largest absolute Gasteiger partial charge is 0.497 e. The van der Waals surface area contributed by atoms with E-state index in [0.29, 0.717) is 36.6 Å². The molecule has 0 atom stereocenters. The average Bonchev–Trinajstić information content (AvgIpc) is 2.80. The third kappa shape index (κ3) is 6.51. The fourth-order valence-electron chi connectivity index (χ4n) is 2.87. The van der Waals surface area contributed by atoms with Gasteiger partial charge in [0.25, 0.3) is 5.91 Å². The molecule has 0 aliphatic rings. The van der Waals surface area contributed by atoms with E-state index in [1.165, 1.54) is 13.2 Å². The molecular formula is C25H26N2O4. The molecule has 0 fully saturated rings. The van der Waals surface area contributed by atoms with Gasteiger partial charge in [-0.05, 0) is 47.9 Å². The van der Waals surface area contributed by atoms with Gasteiger partial charge in [-0.15, -0.1) is 6.58 Å². The number of rotatable bonds is 11. The van der Waals surface area contributed by atoms with Crippen molar-refractivity contribution >= 4 is 12.0 Å². The second kappa shape index (κ2) is 11.9. The van der Waals surface area contributed by atoms with Crippen molar-refractivity contribution in [3.05, 3.63) is 84.0 Å². The van der Waals surface area contributed by atoms with Gasteiger partial charge in [0.05, 0.1) is 14.2 Å². The van der Waals surface area contributed by atoms with E-state index in [-0.39, 0.29) is 5.57 Å². The number of amides is 1. The van der Waals surface area contributed by atoms with Gasteiger partial charge in [-0.25, -0.2) is 0 Å². The normalized spacial score (nSPS) is 10.5. The Morgan fingerprint density at radius 3 is 2.45 bits per heavy atom. The summed E-state index contributed by atoms with van der Waals surface area (Å²) in [5, 5.41) is 12.3. The van der Waals surface area contributed by atoms with E-state index in [4.69, 9.17) is 14.2 Å². The molecule has 1 N–H and O–H groups in total. The zero-order chi connectivity index (χ0) is 22.6. The second-order valence-corrected chi connectivity index (χ2v) is 6.50. The van der Waals surface area contributed by atoms with E-state index in [0.717, 1.165) is 16.9 Å². The summed E-state index contributed by atoms with van der Waals surface area (Å²) in [6.45, 7) is 8.05. The van der Waals surface area contributed by atoms with Gasteiger partial charge in [-0.1, -0.05) is 30.9 Å². The maximum Gasteiger partial charge on any atom is 0.262 e. The number of ether oxygens (including phenoxy) is 3. The molecule has 0 radical (unpaired) electrons. The Balaban J connectivity index is 2.25. The van der Waals surface area contributed by atoms with Crippen molar-refractivity contribution in [2.45, 2.75) is 13.0 Å². The monoisotopic (exact) mass is 418 g/mol. The fraction of sp³-hybridized carbons (Fsp3) is 0.200. The highest BCUT2D eigenvalue weighted by molar-refractivity contribution is 6.01. The lowest BCUT2D eigenvalue weighted by atomic mass is 10.0. The number of hydrogen-bond donors (Lipinski definition) is 1. The summed E-state index contributed by atoms with van der Waals surface area (Å²) in [6.07, 6.45) is 5.45. The first-order valence-corrected chi connectivity index (χ1v) is 9.64. The average molecular weight is 418 g/mol. The quantitative estimate of drug-likeness (QED) is 0.336. The predicted molar refractivity (Wildman–Crippen MR) is 121 cm³/mol. The number of allylic oxidation sites excluding steroid dienone is 1. The van der Waals surface area contributed by atoms with Crippen LogP contribution in [-0.2, 0) is 17.8 Å². The molecule has 0 bridgehead atoms. The first-order valence-electron chi connectivity index (χ1n) is 9.64. The number of nitriles is 1. The summed E-state index contributed by atoms with van der Waals surface area (Å²) in [7, 11) is 3.13. The van der Waals surface area contributed by atoms with E-state index in [2.05, 4.69) is 18.5 Å². The molecule has 6 nitrogen and oxygen atoms in total. The molecule has 160 valence electrons. The number of nitrogens with one attached hydrogen (secondary N) is 1. The minimum absolute atomic E-state index is 0.0140. The summed E-state index contributed by atoms with van der Waals surface area (Å²) in [4.78, 5) is 12.5. The van der Waals surface area contributed by atoms with Crippen LogP contribution in [0.3, 0.4) is 0 Å². The van der Waals surface area contributed by atoms with Gasteiger partial charge in [-0.2, -0.15) is 5.26 Å². The SMILES string of the molecule is C=CCOc1c(CC=C)cc(/C=C(/C#N)C(=O)NCc2ccc(OC)cc2)cc1OC. The van der Waals surface area contributed by atoms with E-state index >= 15 is 0 Å². The van der Waals surface area contributed by atoms with Gasteiger partial charge < -0.3 is 19.5 Å². The molecule has 6 heteroatoms. The minimum Gasteiger partial charge on any atom is -0.497 e. The molecule has 0 heterocycles. The number of methoxy groups -OCH3 is 2. The van der Waals surface area contributed by atoms with Crippen molar-refractivity contribution in [1.82, 2.24) is 5.32 Å². The van der Waals surface area contributed by atoms with Crippen LogP contribution in [0.15, 0.2) is 67.3 Å². The molecule has 1 amide bonds. The van der Waals surface area contributed by atoms with Crippen LogP contribution in [0.1, 0.15) is 16.7 Å². The summed E-state index contributed by atoms with van der Waals surface area (Å²) in [5.41, 5.74) is 2.36. The third-order valence-electron chi connectivity index (χ3n) is 4.37. The second-order valence-electron chi connectivity index (χ2n) is 6.50. The van der Waals surface area contributed by atoms with Crippen molar-refractivity contribution in [1.29, 1.82) is 5.26 Å². The van der Waals surface area contributed by atoms with Crippen molar-refractivity contribution < 1.29 is 19.0 Å². The van der Waals surface area contributed by atoms with Gasteiger partial charge in [-0.3, -0.25) is 4.79 Å². The van der Waals surface area contributed by atoms with Crippen LogP contribution >= 0.6 is 0 Å². The van der Waals surface area contributed by atoms with E-state index in [1.54, 1.807) is 25.3 Å². The standard InChI is InChI=1S/C25H26N2O4/c1-5-7-20-13-19(15-23(30-4)24(20)31-12-6-2)14-21(16-26)25(28)27-17-18-8-10-22(29-3)11-9-18/h5-6,8-11,13-15H,1-2,7,12,17H2,3-4H3,(H,27,28)/b21-14-. The predicted octanol–water partition coefficient (Wildman–Crippen LogP) is 4.22. The number of nitrogens with zero attached hydrogens (tertiary/aromatic N) is 1.